The van der Waals surface area contributed by atoms with Gasteiger partial charge in [-0.25, -0.2) is 0 Å². The van der Waals surface area contributed by atoms with E-state index in [0.717, 1.165) is 44.0 Å². The predicted molar refractivity (Wildman–Crippen MR) is 98.6 cm³/mol. The molecule has 1 saturated heterocycles. The fraction of sp³-hybridized carbons (Fsp3) is 0.250. The number of primary amides is 1. The van der Waals surface area contributed by atoms with Crippen LogP contribution in [0.15, 0.2) is 60.7 Å². The number of hydrogen-bond acceptors (Lipinski definition) is 3. The Kier molecular flexibility index (Phi) is 5.29. The fourth-order valence-electron chi connectivity index (χ4n) is 3.08. The number of carbonyl (C=O) groups excluding carboxylic acids is 1. The molecule has 0 bridgehead atoms. The van der Waals surface area contributed by atoms with Crippen molar-refractivity contribution in [3.05, 3.63) is 71.8 Å². The van der Waals surface area contributed by atoms with Gasteiger partial charge in [-0.15, -0.1) is 0 Å². The van der Waals surface area contributed by atoms with E-state index in [2.05, 4.69) is 46.2 Å². The van der Waals surface area contributed by atoms with E-state index < -0.39 is 5.91 Å². The molecular formula is C20H23N3O. The van der Waals surface area contributed by atoms with E-state index in [0.29, 0.717) is 0 Å². The molecule has 0 saturated carbocycles. The second kappa shape index (κ2) is 7.79. The molecule has 1 aliphatic heterocycles. The van der Waals surface area contributed by atoms with E-state index in [9.17, 15) is 4.79 Å². The van der Waals surface area contributed by atoms with Gasteiger partial charge in [0.15, 0.2) is 0 Å². The maximum absolute atomic E-state index is 11.0. The Balaban J connectivity index is 1.64. The standard InChI is InChI=1S/C20H23N3O/c21-20(24)11-10-18-8-4-5-9-19(18)23-14-12-22(13-15-23)16-17-6-2-1-3-7-17/h1-11H,12-16H2,(H2,21,24)/b11-10-. The second-order valence-electron chi connectivity index (χ2n) is 6.04. The van der Waals surface area contributed by atoms with E-state index in [1.807, 2.05) is 18.2 Å². The van der Waals surface area contributed by atoms with Gasteiger partial charge in [0.2, 0.25) is 5.91 Å². The molecule has 0 unspecified atom stereocenters. The topological polar surface area (TPSA) is 49.6 Å². The molecule has 2 N–H and O–H groups in total. The van der Waals surface area contributed by atoms with Crippen molar-refractivity contribution in [2.45, 2.75) is 6.54 Å². The number of anilines is 1. The van der Waals surface area contributed by atoms with Crippen LogP contribution in [0.25, 0.3) is 6.08 Å². The number of benzene rings is 2. The number of nitrogens with zero attached hydrogens (tertiary/aromatic N) is 2. The van der Waals surface area contributed by atoms with E-state index in [-0.39, 0.29) is 0 Å². The molecule has 0 atom stereocenters. The van der Waals surface area contributed by atoms with Crippen LogP contribution in [0.3, 0.4) is 0 Å². The third-order valence-corrected chi connectivity index (χ3v) is 4.33. The summed E-state index contributed by atoms with van der Waals surface area (Å²) in [6, 6.07) is 18.7. The quantitative estimate of drug-likeness (QED) is 0.861. The van der Waals surface area contributed by atoms with E-state index >= 15 is 0 Å². The number of rotatable bonds is 5. The van der Waals surface area contributed by atoms with Crippen LogP contribution in [-0.4, -0.2) is 37.0 Å². The number of piperazine rings is 1. The van der Waals surface area contributed by atoms with Crippen LogP contribution >= 0.6 is 0 Å². The summed E-state index contributed by atoms with van der Waals surface area (Å²) in [4.78, 5) is 15.8. The van der Waals surface area contributed by atoms with Crippen molar-refractivity contribution in [1.29, 1.82) is 0 Å². The van der Waals surface area contributed by atoms with Crippen LogP contribution in [0.1, 0.15) is 11.1 Å². The van der Waals surface area contributed by atoms with Crippen LogP contribution in [-0.2, 0) is 11.3 Å². The summed E-state index contributed by atoms with van der Waals surface area (Å²) in [5, 5.41) is 0. The fourth-order valence-corrected chi connectivity index (χ4v) is 3.08. The Morgan fingerprint density at radius 2 is 1.62 bits per heavy atom. The summed E-state index contributed by atoms with van der Waals surface area (Å²) in [6.45, 7) is 5.02. The number of carbonyl (C=O) groups is 1. The van der Waals surface area contributed by atoms with Gasteiger partial charge in [-0.2, -0.15) is 0 Å². The molecule has 0 aromatic heterocycles. The van der Waals surface area contributed by atoms with Gasteiger partial charge in [-0.3, -0.25) is 9.69 Å². The van der Waals surface area contributed by atoms with Gasteiger partial charge < -0.3 is 10.6 Å². The molecule has 24 heavy (non-hydrogen) atoms. The smallest absolute Gasteiger partial charge is 0.241 e. The first-order chi connectivity index (χ1) is 11.7. The molecule has 2 aromatic carbocycles. The van der Waals surface area contributed by atoms with E-state index in [1.54, 1.807) is 6.08 Å². The summed E-state index contributed by atoms with van der Waals surface area (Å²) in [5.41, 5.74) is 8.77. The van der Waals surface area contributed by atoms with Crippen LogP contribution < -0.4 is 10.6 Å². The van der Waals surface area contributed by atoms with Crippen molar-refractivity contribution < 1.29 is 4.79 Å². The first-order valence-electron chi connectivity index (χ1n) is 8.30. The Bertz CT molecular complexity index is 704. The number of nitrogens with two attached hydrogens (primary N) is 1. The van der Waals surface area contributed by atoms with Crippen LogP contribution in [0.5, 0.6) is 0 Å². The highest BCUT2D eigenvalue weighted by molar-refractivity contribution is 5.91. The molecular weight excluding hydrogens is 298 g/mol. The Hall–Kier alpha value is -2.59. The van der Waals surface area contributed by atoms with Crippen molar-refractivity contribution >= 4 is 17.7 Å². The lowest BCUT2D eigenvalue weighted by molar-refractivity contribution is -0.113. The van der Waals surface area contributed by atoms with Gasteiger partial charge >= 0.3 is 0 Å². The van der Waals surface area contributed by atoms with Crippen molar-refractivity contribution in [3.63, 3.8) is 0 Å². The highest BCUT2D eigenvalue weighted by Gasteiger charge is 2.18. The Morgan fingerprint density at radius 1 is 0.958 bits per heavy atom. The van der Waals surface area contributed by atoms with Gasteiger partial charge in [0.05, 0.1) is 0 Å². The summed E-state index contributed by atoms with van der Waals surface area (Å²) < 4.78 is 0. The van der Waals surface area contributed by atoms with Gasteiger partial charge in [-0.1, -0.05) is 48.5 Å². The lowest BCUT2D eigenvalue weighted by Gasteiger charge is -2.36. The average Bonchev–Trinajstić information content (AvgIpc) is 2.62. The zero-order valence-corrected chi connectivity index (χ0v) is 13.8. The van der Waals surface area contributed by atoms with Gasteiger partial charge in [0, 0.05) is 44.5 Å². The zero-order valence-electron chi connectivity index (χ0n) is 13.8. The summed E-state index contributed by atoms with van der Waals surface area (Å²) in [5.74, 6) is -0.419. The minimum atomic E-state index is -0.419. The zero-order chi connectivity index (χ0) is 16.8. The molecule has 0 radical (unpaired) electrons. The largest absolute Gasteiger partial charge is 0.368 e. The average molecular weight is 321 g/mol. The lowest BCUT2D eigenvalue weighted by atomic mass is 10.1. The maximum atomic E-state index is 11.0. The van der Waals surface area contributed by atoms with E-state index in [4.69, 9.17) is 5.73 Å². The van der Waals surface area contributed by atoms with Crippen molar-refractivity contribution in [2.24, 2.45) is 5.73 Å². The minimum Gasteiger partial charge on any atom is -0.368 e. The van der Waals surface area contributed by atoms with Gasteiger partial charge in [-0.05, 0) is 23.3 Å². The second-order valence-corrected chi connectivity index (χ2v) is 6.04. The first-order valence-corrected chi connectivity index (χ1v) is 8.30. The molecule has 4 nitrogen and oxygen atoms in total. The monoisotopic (exact) mass is 321 g/mol. The summed E-state index contributed by atoms with van der Waals surface area (Å²) in [7, 11) is 0. The van der Waals surface area contributed by atoms with Gasteiger partial charge in [0.1, 0.15) is 0 Å². The first kappa shape index (κ1) is 16.3. The molecule has 1 aliphatic rings. The van der Waals surface area contributed by atoms with Gasteiger partial charge in [0.25, 0.3) is 0 Å². The molecule has 1 fully saturated rings. The molecule has 1 amide bonds. The normalized spacial score (nSPS) is 15.8. The predicted octanol–water partition coefficient (Wildman–Crippen LogP) is 2.51. The number of amides is 1. The van der Waals surface area contributed by atoms with Crippen molar-refractivity contribution in [2.75, 3.05) is 31.1 Å². The van der Waals surface area contributed by atoms with Crippen LogP contribution in [0.4, 0.5) is 5.69 Å². The van der Waals surface area contributed by atoms with Crippen LogP contribution in [0.2, 0.25) is 0 Å². The third-order valence-electron chi connectivity index (χ3n) is 4.33. The van der Waals surface area contributed by atoms with Crippen molar-refractivity contribution in [1.82, 2.24) is 4.90 Å². The maximum Gasteiger partial charge on any atom is 0.241 e. The number of hydrogen-bond donors (Lipinski definition) is 1. The van der Waals surface area contributed by atoms with Crippen LogP contribution in [0, 0.1) is 0 Å². The Morgan fingerprint density at radius 3 is 2.33 bits per heavy atom. The highest BCUT2D eigenvalue weighted by atomic mass is 16.1. The highest BCUT2D eigenvalue weighted by Crippen LogP contribution is 2.23. The minimum absolute atomic E-state index is 0.419. The molecule has 3 rings (SSSR count). The molecule has 1 heterocycles. The molecule has 4 heteroatoms. The molecule has 2 aromatic rings. The molecule has 124 valence electrons. The summed E-state index contributed by atoms with van der Waals surface area (Å²) in [6.07, 6.45) is 3.22. The van der Waals surface area contributed by atoms with Crippen molar-refractivity contribution in [3.8, 4) is 0 Å². The molecule has 0 spiro atoms. The molecule has 0 aliphatic carbocycles. The SMILES string of the molecule is NC(=O)/C=C\c1ccccc1N1CCN(Cc2ccccc2)CC1. The number of para-hydroxylation sites is 1. The third kappa shape index (κ3) is 4.24. The lowest BCUT2D eigenvalue weighted by Crippen LogP contribution is -2.46. The summed E-state index contributed by atoms with van der Waals surface area (Å²) >= 11 is 0. The van der Waals surface area contributed by atoms with E-state index in [1.165, 1.54) is 11.6 Å². The Labute approximate surface area is 143 Å².